The molecule has 0 aromatic rings. The van der Waals surface area contributed by atoms with Gasteiger partial charge in [0.05, 0.1) is 0 Å². The Morgan fingerprint density at radius 2 is 0.470 bits per heavy atom. The lowest BCUT2D eigenvalue weighted by Crippen LogP contribution is -2.30. The van der Waals surface area contributed by atoms with Crippen LogP contribution in [0.15, 0.2) is 48.6 Å². The quantitative estimate of drug-likeness (QED) is 0.0261. The van der Waals surface area contributed by atoms with Crippen molar-refractivity contribution < 1.29 is 28.6 Å². The van der Waals surface area contributed by atoms with E-state index in [2.05, 4.69) is 69.4 Å². The molecule has 0 aliphatic heterocycles. The molecule has 0 aliphatic carbocycles. The third-order valence-electron chi connectivity index (χ3n) is 16.8. The zero-order valence-corrected chi connectivity index (χ0v) is 56.0. The highest BCUT2D eigenvalue weighted by molar-refractivity contribution is 5.71. The average Bonchev–Trinajstić information content (AvgIpc) is 3.50. The zero-order chi connectivity index (χ0) is 59.9. The van der Waals surface area contributed by atoms with Gasteiger partial charge >= 0.3 is 17.9 Å². The number of rotatable bonds is 69. The van der Waals surface area contributed by atoms with Gasteiger partial charge in [0.2, 0.25) is 0 Å². The van der Waals surface area contributed by atoms with Gasteiger partial charge in [0, 0.05) is 19.3 Å². The number of hydrogen-bond acceptors (Lipinski definition) is 6. The van der Waals surface area contributed by atoms with E-state index in [1.807, 2.05) is 0 Å². The molecule has 0 saturated carbocycles. The molecule has 0 aliphatic rings. The fourth-order valence-corrected chi connectivity index (χ4v) is 11.3. The predicted molar refractivity (Wildman–Crippen MR) is 362 cm³/mol. The number of carbonyl (C=O) groups is 3. The number of hydrogen-bond donors (Lipinski definition) is 0. The molecule has 0 N–H and O–H groups in total. The molecule has 0 spiro atoms. The predicted octanol–water partition coefficient (Wildman–Crippen LogP) is 25.7. The first-order chi connectivity index (χ1) is 41.0. The largest absolute Gasteiger partial charge is 0.462 e. The molecule has 0 heterocycles. The van der Waals surface area contributed by atoms with Crippen LogP contribution < -0.4 is 0 Å². The van der Waals surface area contributed by atoms with Crippen LogP contribution in [0, 0.1) is 0 Å². The lowest BCUT2D eigenvalue weighted by Gasteiger charge is -2.18. The summed E-state index contributed by atoms with van der Waals surface area (Å²) in [5.41, 5.74) is 0. The highest BCUT2D eigenvalue weighted by Crippen LogP contribution is 2.19. The van der Waals surface area contributed by atoms with E-state index < -0.39 is 6.10 Å². The molecule has 1 atom stereocenters. The number of allylic oxidation sites excluding steroid dienone is 8. The number of unbranched alkanes of at least 4 members (excludes halogenated alkanes) is 50. The van der Waals surface area contributed by atoms with Gasteiger partial charge in [-0.3, -0.25) is 14.4 Å². The van der Waals surface area contributed by atoms with Crippen LogP contribution in [0.3, 0.4) is 0 Å². The molecule has 0 radical (unpaired) electrons. The fraction of sp³-hybridized carbons (Fsp3) is 0.857. The summed E-state index contributed by atoms with van der Waals surface area (Å²) in [7, 11) is 0. The van der Waals surface area contributed by atoms with E-state index in [-0.39, 0.29) is 31.1 Å². The molecule has 0 aromatic heterocycles. The van der Waals surface area contributed by atoms with Crippen LogP contribution in [-0.4, -0.2) is 37.2 Å². The van der Waals surface area contributed by atoms with Crippen LogP contribution in [0.2, 0.25) is 0 Å². The lowest BCUT2D eigenvalue weighted by molar-refractivity contribution is -0.167. The Labute approximate surface area is 518 Å². The Kier molecular flexibility index (Phi) is 69.6. The summed E-state index contributed by atoms with van der Waals surface area (Å²) in [6.45, 7) is 6.61. The molecule has 6 nitrogen and oxygen atoms in total. The van der Waals surface area contributed by atoms with Crippen molar-refractivity contribution in [1.82, 2.24) is 0 Å². The third-order valence-corrected chi connectivity index (χ3v) is 16.8. The van der Waals surface area contributed by atoms with Gasteiger partial charge in [-0.2, -0.15) is 0 Å². The molecule has 0 fully saturated rings. The molecule has 6 heteroatoms. The molecule has 486 valence electrons. The summed E-state index contributed by atoms with van der Waals surface area (Å²) >= 11 is 0. The van der Waals surface area contributed by atoms with Gasteiger partial charge in [-0.05, 0) is 57.8 Å². The summed E-state index contributed by atoms with van der Waals surface area (Å²) in [6, 6.07) is 0. The Balaban J connectivity index is 4.27. The minimum atomic E-state index is -0.776. The van der Waals surface area contributed by atoms with Crippen LogP contribution in [0.1, 0.15) is 406 Å². The summed E-state index contributed by atoms with van der Waals surface area (Å²) in [4.78, 5) is 38.5. The first kappa shape index (κ1) is 80.4. The van der Waals surface area contributed by atoms with E-state index in [0.29, 0.717) is 19.3 Å². The monoisotopic (exact) mass is 1160 g/mol. The van der Waals surface area contributed by atoms with Crippen molar-refractivity contribution in [1.29, 1.82) is 0 Å². The first-order valence-electron chi connectivity index (χ1n) is 37.1. The number of carbonyl (C=O) groups excluding carboxylic acids is 3. The maximum Gasteiger partial charge on any atom is 0.306 e. The molecule has 0 bridgehead atoms. The van der Waals surface area contributed by atoms with Crippen molar-refractivity contribution >= 4 is 17.9 Å². The second-order valence-electron chi connectivity index (χ2n) is 25.2. The van der Waals surface area contributed by atoms with Crippen molar-refractivity contribution in [3.63, 3.8) is 0 Å². The van der Waals surface area contributed by atoms with Crippen LogP contribution >= 0.6 is 0 Å². The molecule has 0 aromatic carbocycles. The first-order valence-corrected chi connectivity index (χ1v) is 37.1. The van der Waals surface area contributed by atoms with Gasteiger partial charge in [-0.1, -0.05) is 378 Å². The second kappa shape index (κ2) is 71.8. The smallest absolute Gasteiger partial charge is 0.306 e. The molecule has 0 amide bonds. The highest BCUT2D eigenvalue weighted by atomic mass is 16.6. The zero-order valence-electron chi connectivity index (χ0n) is 56.0. The minimum Gasteiger partial charge on any atom is -0.462 e. The normalized spacial score (nSPS) is 12.3. The molecule has 1 unspecified atom stereocenters. The number of esters is 3. The molecule has 0 saturated heterocycles. The molecule has 83 heavy (non-hydrogen) atoms. The lowest BCUT2D eigenvalue weighted by atomic mass is 10.0. The van der Waals surface area contributed by atoms with Gasteiger partial charge in [-0.15, -0.1) is 0 Å². The fourth-order valence-electron chi connectivity index (χ4n) is 11.3. The van der Waals surface area contributed by atoms with E-state index in [4.69, 9.17) is 14.2 Å². The maximum absolute atomic E-state index is 13.0. The molecular formula is C77H142O6. The van der Waals surface area contributed by atoms with E-state index >= 15 is 0 Å². The van der Waals surface area contributed by atoms with E-state index in [1.54, 1.807) is 0 Å². The Morgan fingerprint density at radius 1 is 0.253 bits per heavy atom. The Hall–Kier alpha value is -2.63. The number of ether oxygens (including phenoxy) is 3. The van der Waals surface area contributed by atoms with Gasteiger partial charge in [0.15, 0.2) is 6.10 Å². The molecule has 0 rings (SSSR count). The summed E-state index contributed by atoms with van der Waals surface area (Å²) in [5.74, 6) is -0.847. The van der Waals surface area contributed by atoms with Gasteiger partial charge in [-0.25, -0.2) is 0 Å². The van der Waals surface area contributed by atoms with Gasteiger partial charge in [0.1, 0.15) is 13.2 Å². The Morgan fingerprint density at radius 3 is 0.735 bits per heavy atom. The average molecular weight is 1160 g/mol. The van der Waals surface area contributed by atoms with Crippen molar-refractivity contribution in [2.45, 2.75) is 412 Å². The van der Waals surface area contributed by atoms with E-state index in [0.717, 1.165) is 89.9 Å². The van der Waals surface area contributed by atoms with Crippen molar-refractivity contribution in [3.05, 3.63) is 48.6 Å². The standard InChI is InChI=1S/C77H142O6/c1-4-7-10-13-16-19-22-25-28-31-33-35-36-37-38-39-40-42-43-46-49-52-55-58-61-64-67-70-76(79)82-73-74(72-81-75(78)69-66-63-60-57-54-51-48-45-30-27-24-21-18-15-12-9-6-3)83-77(80)71-68-65-62-59-56-53-50-47-44-41-34-32-29-26-23-20-17-14-11-8-5-2/h8,11,17,20,26,29,34,41,74H,4-7,9-10,12-16,18-19,21-25,27-28,30-33,35-40,42-73H2,1-3H3/b11-8-,20-17-,29-26-,41-34-. The molecular weight excluding hydrogens is 1020 g/mol. The SMILES string of the molecule is CC/C=C\C/C=C\C/C=C\C/C=C\CCCCCCCCCCC(=O)OC(COC(=O)CCCCCCCCCCCCCCCCCCC)COC(=O)CCCCCCCCCCCCCCCCCCCCCCCCCCCCC. The van der Waals surface area contributed by atoms with Crippen molar-refractivity contribution in [3.8, 4) is 0 Å². The van der Waals surface area contributed by atoms with E-state index in [9.17, 15) is 14.4 Å². The van der Waals surface area contributed by atoms with Gasteiger partial charge in [0.25, 0.3) is 0 Å². The maximum atomic E-state index is 13.0. The van der Waals surface area contributed by atoms with Crippen molar-refractivity contribution in [2.24, 2.45) is 0 Å². The van der Waals surface area contributed by atoms with Crippen molar-refractivity contribution in [2.75, 3.05) is 13.2 Å². The van der Waals surface area contributed by atoms with Crippen LogP contribution in [0.25, 0.3) is 0 Å². The second-order valence-corrected chi connectivity index (χ2v) is 25.2. The minimum absolute atomic E-state index is 0.0707. The Bertz CT molecular complexity index is 1430. The van der Waals surface area contributed by atoms with Crippen LogP contribution in [0.4, 0.5) is 0 Å². The topological polar surface area (TPSA) is 78.9 Å². The van der Waals surface area contributed by atoms with E-state index in [1.165, 1.54) is 276 Å². The van der Waals surface area contributed by atoms with Crippen LogP contribution in [-0.2, 0) is 28.6 Å². The highest BCUT2D eigenvalue weighted by Gasteiger charge is 2.20. The summed E-state index contributed by atoms with van der Waals surface area (Å²) in [6.07, 6.45) is 91.5. The van der Waals surface area contributed by atoms with Crippen LogP contribution in [0.5, 0.6) is 0 Å². The third kappa shape index (κ3) is 70.0. The summed E-state index contributed by atoms with van der Waals surface area (Å²) in [5, 5.41) is 0. The summed E-state index contributed by atoms with van der Waals surface area (Å²) < 4.78 is 17.0. The van der Waals surface area contributed by atoms with Gasteiger partial charge < -0.3 is 14.2 Å².